The van der Waals surface area contributed by atoms with Crippen LogP contribution in [-0.2, 0) is 6.18 Å². The molecule has 1 aromatic heterocycles. The van der Waals surface area contributed by atoms with Gasteiger partial charge in [-0.2, -0.15) is 13.2 Å². The lowest BCUT2D eigenvalue weighted by Gasteiger charge is -2.12. The van der Waals surface area contributed by atoms with E-state index in [2.05, 4.69) is 10.2 Å². The molecule has 0 saturated carbocycles. The molecule has 10 heteroatoms. The van der Waals surface area contributed by atoms with Crippen molar-refractivity contribution in [2.24, 2.45) is 0 Å². The van der Waals surface area contributed by atoms with E-state index in [-0.39, 0.29) is 10.7 Å². The first-order valence-electron chi connectivity index (χ1n) is 5.59. The van der Waals surface area contributed by atoms with Crippen LogP contribution < -0.4 is 5.84 Å². The second-order valence-electron chi connectivity index (χ2n) is 4.10. The summed E-state index contributed by atoms with van der Waals surface area (Å²) in [5.74, 6) is 2.39. The minimum atomic E-state index is -4.73. The predicted molar refractivity (Wildman–Crippen MR) is 65.8 cm³/mol. The summed E-state index contributed by atoms with van der Waals surface area (Å²) in [5, 5.41) is 5.44. The highest BCUT2D eigenvalue weighted by atomic mass is 32.2. The Morgan fingerprint density at radius 2 is 1.90 bits per heavy atom. The normalized spacial score (nSPS) is 13.4. The summed E-state index contributed by atoms with van der Waals surface area (Å²) in [7, 11) is 0. The van der Waals surface area contributed by atoms with E-state index in [0.29, 0.717) is 10.7 Å². The number of hydrogen-bond acceptors (Lipinski definition) is 4. The zero-order valence-corrected chi connectivity index (χ0v) is 11.3. The van der Waals surface area contributed by atoms with Crippen molar-refractivity contribution in [3.63, 3.8) is 0 Å². The second kappa shape index (κ2) is 5.51. The monoisotopic (exact) mass is 324 g/mol. The molecule has 0 aliphatic carbocycles. The number of nitrogens with zero attached hydrogens (tertiary/aromatic N) is 3. The molecule has 21 heavy (non-hydrogen) atoms. The lowest BCUT2D eigenvalue weighted by atomic mass is 10.1. The molecular formula is C11H9F5N4S. The maximum absolute atomic E-state index is 13.6. The van der Waals surface area contributed by atoms with Gasteiger partial charge >= 0.3 is 6.18 Å². The average Bonchev–Trinajstić information content (AvgIpc) is 2.70. The van der Waals surface area contributed by atoms with Crippen LogP contribution in [-0.4, -0.2) is 14.9 Å². The van der Waals surface area contributed by atoms with Gasteiger partial charge in [0.05, 0.1) is 0 Å². The van der Waals surface area contributed by atoms with Crippen molar-refractivity contribution in [3.8, 4) is 0 Å². The van der Waals surface area contributed by atoms with Crippen molar-refractivity contribution in [1.82, 2.24) is 14.9 Å². The smallest absolute Gasteiger partial charge is 0.335 e. The van der Waals surface area contributed by atoms with E-state index in [1.807, 2.05) is 0 Å². The molecule has 0 bridgehead atoms. The van der Waals surface area contributed by atoms with E-state index in [1.165, 1.54) is 13.0 Å². The molecule has 1 heterocycles. The summed E-state index contributed by atoms with van der Waals surface area (Å²) in [6.07, 6.45) is -4.73. The third-order valence-electron chi connectivity index (χ3n) is 2.60. The van der Waals surface area contributed by atoms with Crippen LogP contribution in [0.2, 0.25) is 0 Å². The number of alkyl halides is 3. The first kappa shape index (κ1) is 15.5. The first-order valence-corrected chi connectivity index (χ1v) is 6.47. The van der Waals surface area contributed by atoms with Crippen molar-refractivity contribution in [3.05, 3.63) is 41.2 Å². The van der Waals surface area contributed by atoms with Gasteiger partial charge in [-0.3, -0.25) is 0 Å². The van der Waals surface area contributed by atoms with E-state index in [0.717, 1.165) is 17.8 Å². The molecule has 4 nitrogen and oxygen atoms in total. The van der Waals surface area contributed by atoms with Gasteiger partial charge in [-0.05, 0) is 13.0 Å². The lowest BCUT2D eigenvalue weighted by Crippen LogP contribution is -2.21. The zero-order chi connectivity index (χ0) is 15.8. The van der Waals surface area contributed by atoms with Crippen molar-refractivity contribution in [2.75, 3.05) is 5.84 Å². The van der Waals surface area contributed by atoms with E-state index in [4.69, 9.17) is 5.84 Å². The molecule has 0 unspecified atom stereocenters. The number of halogens is 5. The van der Waals surface area contributed by atoms with Crippen molar-refractivity contribution < 1.29 is 22.0 Å². The summed E-state index contributed by atoms with van der Waals surface area (Å²) in [4.78, 5) is 0. The van der Waals surface area contributed by atoms with Gasteiger partial charge in [0, 0.05) is 16.9 Å². The van der Waals surface area contributed by atoms with E-state index < -0.39 is 28.9 Å². The molecule has 2 aromatic rings. The largest absolute Gasteiger partial charge is 0.453 e. The second-order valence-corrected chi connectivity index (χ2v) is 5.41. The minimum absolute atomic E-state index is 0.123. The van der Waals surface area contributed by atoms with Gasteiger partial charge in [0.2, 0.25) is 5.16 Å². The number of benzene rings is 1. The Morgan fingerprint density at radius 3 is 2.43 bits per heavy atom. The highest BCUT2D eigenvalue weighted by Gasteiger charge is 2.38. The van der Waals surface area contributed by atoms with Crippen LogP contribution in [0.25, 0.3) is 0 Å². The van der Waals surface area contributed by atoms with Gasteiger partial charge < -0.3 is 5.84 Å². The highest BCUT2D eigenvalue weighted by molar-refractivity contribution is 7.99. The van der Waals surface area contributed by atoms with E-state index >= 15 is 0 Å². The van der Waals surface area contributed by atoms with Crippen molar-refractivity contribution in [1.29, 1.82) is 0 Å². The molecule has 0 amide bonds. The summed E-state index contributed by atoms with van der Waals surface area (Å²) in [5.41, 5.74) is 0.123. The fourth-order valence-corrected chi connectivity index (χ4v) is 2.53. The Balaban J connectivity index is 2.24. The fourth-order valence-electron chi connectivity index (χ4n) is 1.60. The third-order valence-corrected chi connectivity index (χ3v) is 3.70. The van der Waals surface area contributed by atoms with Crippen LogP contribution in [0.1, 0.15) is 23.6 Å². The van der Waals surface area contributed by atoms with Gasteiger partial charge in [-0.1, -0.05) is 17.8 Å². The summed E-state index contributed by atoms with van der Waals surface area (Å²) < 4.78 is 64.3. The van der Waals surface area contributed by atoms with Gasteiger partial charge in [-0.25, -0.2) is 13.5 Å². The Hall–Kier alpha value is -1.84. The molecule has 0 spiro atoms. The Labute approximate surface area is 120 Å². The van der Waals surface area contributed by atoms with Crippen LogP contribution in [0.5, 0.6) is 0 Å². The van der Waals surface area contributed by atoms with Gasteiger partial charge in [-0.15, -0.1) is 10.2 Å². The van der Waals surface area contributed by atoms with Gasteiger partial charge in [0.1, 0.15) is 11.6 Å². The van der Waals surface area contributed by atoms with Gasteiger partial charge in [0.25, 0.3) is 5.82 Å². The fraction of sp³-hybridized carbons (Fsp3) is 0.273. The number of nitrogens with two attached hydrogens (primary N) is 1. The average molecular weight is 324 g/mol. The standard InChI is InChI=1S/C11H9F5N4S/c1-5(7-3-2-6(12)4-8(7)13)21-10-19-18-9(20(10)17)11(14,15)16/h2-5H,17H2,1H3/t5-/m1/s1. The third kappa shape index (κ3) is 3.26. The van der Waals surface area contributed by atoms with E-state index in [1.54, 1.807) is 0 Å². The molecule has 114 valence electrons. The summed E-state index contributed by atoms with van der Waals surface area (Å²) in [6.45, 7) is 1.53. The molecule has 0 aliphatic heterocycles. The van der Waals surface area contributed by atoms with Crippen molar-refractivity contribution in [2.45, 2.75) is 23.5 Å². The minimum Gasteiger partial charge on any atom is -0.335 e. The van der Waals surface area contributed by atoms with Crippen molar-refractivity contribution >= 4 is 11.8 Å². The summed E-state index contributed by atoms with van der Waals surface area (Å²) in [6, 6.07) is 2.97. The maximum atomic E-state index is 13.6. The number of thioether (sulfide) groups is 1. The SMILES string of the molecule is C[C@@H](Sc1nnc(C(F)(F)F)n1N)c1ccc(F)cc1F. The van der Waals surface area contributed by atoms with Crippen LogP contribution >= 0.6 is 11.8 Å². The molecule has 1 atom stereocenters. The van der Waals surface area contributed by atoms with Gasteiger partial charge in [0.15, 0.2) is 0 Å². The molecule has 2 rings (SSSR count). The molecule has 0 saturated heterocycles. The summed E-state index contributed by atoms with van der Waals surface area (Å²) >= 11 is 0.782. The quantitative estimate of drug-likeness (QED) is 0.535. The molecule has 1 aromatic carbocycles. The molecular weight excluding hydrogens is 315 g/mol. The molecule has 2 N–H and O–H groups in total. The molecule has 0 radical (unpaired) electrons. The molecule has 0 aliphatic rings. The highest BCUT2D eigenvalue weighted by Crippen LogP contribution is 2.36. The number of aromatic nitrogens is 3. The van der Waals surface area contributed by atoms with E-state index in [9.17, 15) is 22.0 Å². The number of hydrogen-bond donors (Lipinski definition) is 1. The predicted octanol–water partition coefficient (Wildman–Crippen LogP) is 3.14. The molecule has 0 fully saturated rings. The van der Waals surface area contributed by atoms with Crippen LogP contribution in [0.15, 0.2) is 23.4 Å². The first-order chi connectivity index (χ1) is 9.70. The number of nitrogen functional groups attached to an aromatic ring is 1. The Kier molecular flexibility index (Phi) is 4.08. The van der Waals surface area contributed by atoms with Crippen LogP contribution in [0.4, 0.5) is 22.0 Å². The zero-order valence-electron chi connectivity index (χ0n) is 10.5. The lowest BCUT2D eigenvalue weighted by molar-refractivity contribution is -0.146. The Bertz CT molecular complexity index is 655. The van der Waals surface area contributed by atoms with Crippen LogP contribution in [0, 0.1) is 11.6 Å². The van der Waals surface area contributed by atoms with Crippen LogP contribution in [0.3, 0.4) is 0 Å². The topological polar surface area (TPSA) is 56.7 Å². The number of rotatable bonds is 3. The Morgan fingerprint density at radius 1 is 1.24 bits per heavy atom. The maximum Gasteiger partial charge on any atom is 0.453 e.